The molecule has 0 saturated carbocycles. The summed E-state index contributed by atoms with van der Waals surface area (Å²) in [6.45, 7) is 3.74. The SMILES string of the molecule is CCc1ccccc1O[C@H](C)C(=O)Nc1ccc(Cl)cc1Cl. The maximum atomic E-state index is 12.2. The normalized spacial score (nSPS) is 11.8. The molecule has 1 amide bonds. The Morgan fingerprint density at radius 3 is 2.64 bits per heavy atom. The summed E-state index contributed by atoms with van der Waals surface area (Å²) in [5, 5.41) is 3.65. The van der Waals surface area contributed by atoms with E-state index in [0.717, 1.165) is 17.7 Å². The minimum absolute atomic E-state index is 0.268. The molecular weight excluding hydrogens is 321 g/mol. The monoisotopic (exact) mass is 337 g/mol. The number of halogens is 2. The second-order valence-corrected chi connectivity index (χ2v) is 5.68. The van der Waals surface area contributed by atoms with Crippen molar-refractivity contribution in [2.75, 3.05) is 5.32 Å². The van der Waals surface area contributed by atoms with Gasteiger partial charge in [0.05, 0.1) is 10.7 Å². The summed E-state index contributed by atoms with van der Waals surface area (Å²) in [5.74, 6) is 0.449. The van der Waals surface area contributed by atoms with Crippen LogP contribution in [0.4, 0.5) is 5.69 Å². The van der Waals surface area contributed by atoms with Gasteiger partial charge in [-0.2, -0.15) is 0 Å². The van der Waals surface area contributed by atoms with E-state index >= 15 is 0 Å². The lowest BCUT2D eigenvalue weighted by atomic mass is 10.1. The van der Waals surface area contributed by atoms with Gasteiger partial charge >= 0.3 is 0 Å². The van der Waals surface area contributed by atoms with Crippen molar-refractivity contribution in [3.63, 3.8) is 0 Å². The first-order chi connectivity index (χ1) is 10.5. The Morgan fingerprint density at radius 1 is 1.23 bits per heavy atom. The van der Waals surface area contributed by atoms with Crippen LogP contribution in [0.1, 0.15) is 19.4 Å². The topological polar surface area (TPSA) is 38.3 Å². The standard InChI is InChI=1S/C17H17Cl2NO2/c1-3-12-6-4-5-7-16(12)22-11(2)17(21)20-15-9-8-13(18)10-14(15)19/h4-11H,3H2,1-2H3,(H,20,21)/t11-/m1/s1. The quantitative estimate of drug-likeness (QED) is 0.837. The van der Waals surface area contributed by atoms with E-state index in [2.05, 4.69) is 5.32 Å². The van der Waals surface area contributed by atoms with E-state index in [9.17, 15) is 4.79 Å². The van der Waals surface area contributed by atoms with E-state index in [1.54, 1.807) is 25.1 Å². The van der Waals surface area contributed by atoms with Crippen LogP contribution in [0.3, 0.4) is 0 Å². The molecule has 0 unspecified atom stereocenters. The molecule has 3 nitrogen and oxygen atoms in total. The number of hydrogen-bond acceptors (Lipinski definition) is 2. The van der Waals surface area contributed by atoms with Crippen LogP contribution in [0, 0.1) is 0 Å². The maximum absolute atomic E-state index is 12.2. The van der Waals surface area contributed by atoms with Gasteiger partial charge in [0.15, 0.2) is 6.10 Å². The fourth-order valence-corrected chi connectivity index (χ4v) is 2.44. The predicted molar refractivity (Wildman–Crippen MR) is 91.0 cm³/mol. The van der Waals surface area contributed by atoms with Crippen molar-refractivity contribution in [1.29, 1.82) is 0 Å². The average molecular weight is 338 g/mol. The van der Waals surface area contributed by atoms with Crippen LogP contribution in [0.15, 0.2) is 42.5 Å². The Balaban J connectivity index is 2.06. The van der Waals surface area contributed by atoms with Gasteiger partial charge in [-0.05, 0) is 43.2 Å². The fourth-order valence-electron chi connectivity index (χ4n) is 1.98. The zero-order valence-electron chi connectivity index (χ0n) is 12.4. The first-order valence-electron chi connectivity index (χ1n) is 7.01. The number of amides is 1. The zero-order chi connectivity index (χ0) is 16.1. The van der Waals surface area contributed by atoms with Crippen molar-refractivity contribution in [2.45, 2.75) is 26.4 Å². The van der Waals surface area contributed by atoms with Crippen LogP contribution < -0.4 is 10.1 Å². The number of anilines is 1. The van der Waals surface area contributed by atoms with E-state index in [-0.39, 0.29) is 5.91 Å². The van der Waals surface area contributed by atoms with Crippen LogP contribution in [0.2, 0.25) is 10.0 Å². The van der Waals surface area contributed by atoms with Gasteiger partial charge in [0.1, 0.15) is 5.75 Å². The fraction of sp³-hybridized carbons (Fsp3) is 0.235. The number of benzene rings is 2. The van der Waals surface area contributed by atoms with Crippen LogP contribution >= 0.6 is 23.2 Å². The van der Waals surface area contributed by atoms with Crippen molar-refractivity contribution in [3.05, 3.63) is 58.1 Å². The van der Waals surface area contributed by atoms with Crippen molar-refractivity contribution < 1.29 is 9.53 Å². The summed E-state index contributed by atoms with van der Waals surface area (Å²) in [4.78, 5) is 12.2. The lowest BCUT2D eigenvalue weighted by Gasteiger charge is -2.17. The number of para-hydroxylation sites is 1. The molecule has 1 N–H and O–H groups in total. The molecule has 0 aliphatic heterocycles. The number of rotatable bonds is 5. The first-order valence-corrected chi connectivity index (χ1v) is 7.77. The number of aryl methyl sites for hydroxylation is 1. The van der Waals surface area contributed by atoms with Crippen molar-refractivity contribution in [3.8, 4) is 5.75 Å². The highest BCUT2D eigenvalue weighted by Gasteiger charge is 2.17. The van der Waals surface area contributed by atoms with Gasteiger partial charge in [0.25, 0.3) is 5.91 Å². The summed E-state index contributed by atoms with van der Waals surface area (Å²) < 4.78 is 5.75. The van der Waals surface area contributed by atoms with Crippen LogP contribution in [0.5, 0.6) is 5.75 Å². The Bertz CT molecular complexity index is 673. The van der Waals surface area contributed by atoms with E-state index in [1.807, 2.05) is 31.2 Å². The number of carbonyl (C=O) groups is 1. The highest BCUT2D eigenvalue weighted by Crippen LogP contribution is 2.26. The van der Waals surface area contributed by atoms with E-state index in [0.29, 0.717) is 15.7 Å². The molecule has 0 saturated heterocycles. The molecule has 22 heavy (non-hydrogen) atoms. The highest BCUT2D eigenvalue weighted by atomic mass is 35.5. The maximum Gasteiger partial charge on any atom is 0.265 e. The van der Waals surface area contributed by atoms with Gasteiger partial charge in [-0.1, -0.05) is 48.3 Å². The van der Waals surface area contributed by atoms with Gasteiger partial charge < -0.3 is 10.1 Å². The van der Waals surface area contributed by atoms with Gasteiger partial charge in [-0.3, -0.25) is 4.79 Å². The Labute approximate surface area is 140 Å². The number of ether oxygens (including phenoxy) is 1. The van der Waals surface area contributed by atoms with Crippen LogP contribution in [-0.2, 0) is 11.2 Å². The summed E-state index contributed by atoms with van der Waals surface area (Å²) >= 11 is 11.9. The van der Waals surface area contributed by atoms with Crippen LogP contribution in [-0.4, -0.2) is 12.0 Å². The lowest BCUT2D eigenvalue weighted by molar-refractivity contribution is -0.122. The molecule has 2 aromatic rings. The Hall–Kier alpha value is -1.71. The van der Waals surface area contributed by atoms with Gasteiger partial charge in [0, 0.05) is 5.02 Å². The summed E-state index contributed by atoms with van der Waals surface area (Å²) in [6.07, 6.45) is 0.201. The molecule has 2 aromatic carbocycles. The van der Waals surface area contributed by atoms with Gasteiger partial charge in [0.2, 0.25) is 0 Å². The molecule has 0 bridgehead atoms. The van der Waals surface area contributed by atoms with Crippen molar-refractivity contribution >= 4 is 34.8 Å². The summed E-state index contributed by atoms with van der Waals surface area (Å²) in [7, 11) is 0. The zero-order valence-corrected chi connectivity index (χ0v) is 13.9. The highest BCUT2D eigenvalue weighted by molar-refractivity contribution is 6.36. The Kier molecular flexibility index (Phi) is 5.69. The molecule has 0 aliphatic carbocycles. The molecule has 0 spiro atoms. The number of hydrogen-bond donors (Lipinski definition) is 1. The second kappa shape index (κ2) is 7.52. The smallest absolute Gasteiger partial charge is 0.265 e. The second-order valence-electron chi connectivity index (χ2n) is 4.83. The number of nitrogens with one attached hydrogen (secondary N) is 1. The van der Waals surface area contributed by atoms with E-state index in [1.165, 1.54) is 0 Å². The molecule has 0 aliphatic rings. The molecule has 2 rings (SSSR count). The van der Waals surface area contributed by atoms with Crippen molar-refractivity contribution in [1.82, 2.24) is 0 Å². The molecule has 0 heterocycles. The predicted octanol–water partition coefficient (Wildman–Crippen LogP) is 4.96. The summed E-state index contributed by atoms with van der Waals surface area (Å²) in [6, 6.07) is 12.6. The van der Waals surface area contributed by atoms with Gasteiger partial charge in [-0.25, -0.2) is 0 Å². The molecule has 5 heteroatoms. The largest absolute Gasteiger partial charge is 0.481 e. The molecule has 116 valence electrons. The third-order valence-electron chi connectivity index (χ3n) is 3.22. The van der Waals surface area contributed by atoms with Gasteiger partial charge in [-0.15, -0.1) is 0 Å². The molecule has 0 fully saturated rings. The third-order valence-corrected chi connectivity index (χ3v) is 3.76. The first kappa shape index (κ1) is 16.7. The molecule has 1 atom stereocenters. The van der Waals surface area contributed by atoms with E-state index in [4.69, 9.17) is 27.9 Å². The summed E-state index contributed by atoms with van der Waals surface area (Å²) in [5.41, 5.74) is 1.57. The lowest BCUT2D eigenvalue weighted by Crippen LogP contribution is -2.30. The molecular formula is C17H17Cl2NO2. The van der Waals surface area contributed by atoms with Crippen molar-refractivity contribution in [2.24, 2.45) is 0 Å². The Morgan fingerprint density at radius 2 is 1.95 bits per heavy atom. The number of carbonyl (C=O) groups excluding carboxylic acids is 1. The third kappa shape index (κ3) is 4.15. The molecule has 0 radical (unpaired) electrons. The minimum atomic E-state index is -0.639. The molecule has 0 aromatic heterocycles. The minimum Gasteiger partial charge on any atom is -0.481 e. The average Bonchev–Trinajstić information content (AvgIpc) is 2.50. The van der Waals surface area contributed by atoms with Crippen LogP contribution in [0.25, 0.3) is 0 Å². The van der Waals surface area contributed by atoms with E-state index < -0.39 is 6.10 Å².